The van der Waals surface area contributed by atoms with Crippen LogP contribution in [-0.2, 0) is 12.8 Å². The predicted octanol–water partition coefficient (Wildman–Crippen LogP) is 5.32. The third-order valence-corrected chi connectivity index (χ3v) is 4.27. The largest absolute Gasteiger partial charge is 0.506 e. The summed E-state index contributed by atoms with van der Waals surface area (Å²) in [5.74, 6) is 0.259. The van der Waals surface area contributed by atoms with Crippen molar-refractivity contribution in [1.29, 1.82) is 0 Å². The van der Waals surface area contributed by atoms with Gasteiger partial charge >= 0.3 is 0 Å². The molecule has 1 N–H and O–H groups in total. The van der Waals surface area contributed by atoms with Crippen molar-refractivity contribution >= 4 is 31.9 Å². The minimum absolute atomic E-state index is 0.259. The molecule has 0 aliphatic carbocycles. The molecule has 0 saturated heterocycles. The maximum atomic E-state index is 9.70. The molecule has 0 saturated carbocycles. The Balaban J connectivity index is 2.14. The second kappa shape index (κ2) is 6.10. The van der Waals surface area contributed by atoms with Crippen molar-refractivity contribution in [3.8, 4) is 5.75 Å². The Hall–Kier alpha value is -0.800. The van der Waals surface area contributed by atoms with Gasteiger partial charge in [0.1, 0.15) is 5.75 Å². The average Bonchev–Trinajstić information content (AvgIpc) is 2.32. The summed E-state index contributed by atoms with van der Waals surface area (Å²) < 4.78 is 1.47. The Labute approximate surface area is 130 Å². The van der Waals surface area contributed by atoms with Gasteiger partial charge in [-0.15, -0.1) is 0 Å². The summed E-state index contributed by atoms with van der Waals surface area (Å²) in [5, 5.41) is 9.70. The molecule has 2 aromatic rings. The highest BCUT2D eigenvalue weighted by Gasteiger charge is 2.06. The van der Waals surface area contributed by atoms with Crippen LogP contribution in [0, 0.1) is 13.8 Å². The molecule has 0 fully saturated rings. The van der Waals surface area contributed by atoms with E-state index >= 15 is 0 Å². The molecule has 0 amide bonds. The highest BCUT2D eigenvalue weighted by atomic mass is 79.9. The average molecular weight is 384 g/mol. The molecule has 2 rings (SSSR count). The Morgan fingerprint density at radius 3 is 1.68 bits per heavy atom. The van der Waals surface area contributed by atoms with Crippen LogP contribution in [0.5, 0.6) is 5.75 Å². The second-order valence-corrected chi connectivity index (χ2v) is 6.61. The molecule has 2 aromatic carbocycles. The van der Waals surface area contributed by atoms with Gasteiger partial charge in [-0.05, 0) is 81.8 Å². The van der Waals surface area contributed by atoms with Crippen LogP contribution in [-0.4, -0.2) is 5.11 Å². The van der Waals surface area contributed by atoms with Crippen LogP contribution >= 0.6 is 31.9 Å². The summed E-state index contributed by atoms with van der Waals surface area (Å²) >= 11 is 6.73. The summed E-state index contributed by atoms with van der Waals surface area (Å²) in [7, 11) is 0. The van der Waals surface area contributed by atoms with Crippen molar-refractivity contribution < 1.29 is 5.11 Å². The molecule has 1 nitrogen and oxygen atoms in total. The highest BCUT2D eigenvalue weighted by Crippen LogP contribution is 2.33. The van der Waals surface area contributed by atoms with Crippen LogP contribution in [0.3, 0.4) is 0 Å². The van der Waals surface area contributed by atoms with E-state index in [-0.39, 0.29) is 5.75 Å². The fourth-order valence-corrected chi connectivity index (χ4v) is 3.55. The number of halogens is 2. The van der Waals surface area contributed by atoms with E-state index in [0.29, 0.717) is 0 Å². The van der Waals surface area contributed by atoms with Gasteiger partial charge in [-0.3, -0.25) is 0 Å². The van der Waals surface area contributed by atoms with Gasteiger partial charge in [0, 0.05) is 0 Å². The molecule has 0 aromatic heterocycles. The first-order valence-corrected chi connectivity index (χ1v) is 7.78. The number of phenols is 1. The Morgan fingerprint density at radius 1 is 0.789 bits per heavy atom. The molecule has 0 atom stereocenters. The predicted molar refractivity (Wildman–Crippen MR) is 86.8 cm³/mol. The summed E-state index contributed by atoms with van der Waals surface area (Å²) in [6.45, 7) is 4.26. The normalized spacial score (nSPS) is 10.7. The van der Waals surface area contributed by atoms with Gasteiger partial charge in [-0.1, -0.05) is 29.3 Å². The standard InChI is InChI=1S/C16H16Br2O/c1-10-5-11(2)7-12(6-10)3-4-13-8-14(17)16(19)15(18)9-13/h5-9,19H,3-4H2,1-2H3. The maximum Gasteiger partial charge on any atom is 0.143 e. The van der Waals surface area contributed by atoms with Gasteiger partial charge in [0.15, 0.2) is 0 Å². The third-order valence-electron chi connectivity index (χ3n) is 3.06. The molecule has 0 unspecified atom stereocenters. The quantitative estimate of drug-likeness (QED) is 0.760. The van der Waals surface area contributed by atoms with E-state index in [4.69, 9.17) is 0 Å². The van der Waals surface area contributed by atoms with Crippen molar-refractivity contribution in [2.24, 2.45) is 0 Å². The van der Waals surface area contributed by atoms with E-state index in [0.717, 1.165) is 21.8 Å². The van der Waals surface area contributed by atoms with E-state index in [2.05, 4.69) is 63.9 Å². The van der Waals surface area contributed by atoms with Crippen molar-refractivity contribution in [1.82, 2.24) is 0 Å². The first kappa shape index (κ1) is 14.6. The van der Waals surface area contributed by atoms with E-state index in [1.54, 1.807) is 0 Å². The smallest absolute Gasteiger partial charge is 0.143 e. The molecule has 0 spiro atoms. The SMILES string of the molecule is Cc1cc(C)cc(CCc2cc(Br)c(O)c(Br)c2)c1. The van der Waals surface area contributed by atoms with Crippen molar-refractivity contribution in [2.45, 2.75) is 26.7 Å². The van der Waals surface area contributed by atoms with E-state index in [1.807, 2.05) is 12.1 Å². The van der Waals surface area contributed by atoms with Crippen LogP contribution < -0.4 is 0 Å². The van der Waals surface area contributed by atoms with Crippen LogP contribution in [0.1, 0.15) is 22.3 Å². The van der Waals surface area contributed by atoms with E-state index in [9.17, 15) is 5.11 Å². The molecule has 100 valence electrons. The van der Waals surface area contributed by atoms with Crippen LogP contribution in [0.2, 0.25) is 0 Å². The molecule has 0 radical (unpaired) electrons. The van der Waals surface area contributed by atoms with E-state index < -0.39 is 0 Å². The highest BCUT2D eigenvalue weighted by molar-refractivity contribution is 9.11. The zero-order chi connectivity index (χ0) is 14.0. The lowest BCUT2D eigenvalue weighted by Crippen LogP contribution is -1.93. The summed E-state index contributed by atoms with van der Waals surface area (Å²) in [6, 6.07) is 10.6. The van der Waals surface area contributed by atoms with Crippen molar-refractivity contribution in [3.05, 3.63) is 61.5 Å². The zero-order valence-electron chi connectivity index (χ0n) is 11.0. The molecule has 3 heteroatoms. The second-order valence-electron chi connectivity index (χ2n) is 4.90. The molecule has 0 heterocycles. The number of benzene rings is 2. The molecule has 0 aliphatic heterocycles. The topological polar surface area (TPSA) is 20.2 Å². The van der Waals surface area contributed by atoms with Crippen molar-refractivity contribution in [2.75, 3.05) is 0 Å². The van der Waals surface area contributed by atoms with Gasteiger partial charge in [-0.25, -0.2) is 0 Å². The van der Waals surface area contributed by atoms with Gasteiger partial charge < -0.3 is 5.11 Å². The monoisotopic (exact) mass is 382 g/mol. The van der Waals surface area contributed by atoms with Crippen LogP contribution in [0.25, 0.3) is 0 Å². The van der Waals surface area contributed by atoms with E-state index in [1.165, 1.54) is 22.3 Å². The Kier molecular flexibility index (Phi) is 4.69. The molecule has 0 aliphatic rings. The number of aryl methyl sites for hydroxylation is 4. The Bertz CT molecular complexity index is 562. The fourth-order valence-electron chi connectivity index (χ4n) is 2.26. The fraction of sp³-hybridized carbons (Fsp3) is 0.250. The number of aromatic hydroxyl groups is 1. The van der Waals surface area contributed by atoms with Gasteiger partial charge in [0.2, 0.25) is 0 Å². The Morgan fingerprint density at radius 2 is 1.21 bits per heavy atom. The first-order chi connectivity index (χ1) is 8.95. The summed E-state index contributed by atoms with van der Waals surface area (Å²) in [6.07, 6.45) is 1.96. The lowest BCUT2D eigenvalue weighted by molar-refractivity contribution is 0.468. The molecular formula is C16H16Br2O. The van der Waals surface area contributed by atoms with Gasteiger partial charge in [0.25, 0.3) is 0 Å². The lowest BCUT2D eigenvalue weighted by Gasteiger charge is -2.08. The maximum absolute atomic E-state index is 9.70. The minimum atomic E-state index is 0.259. The van der Waals surface area contributed by atoms with Crippen LogP contribution in [0.4, 0.5) is 0 Å². The summed E-state index contributed by atoms with van der Waals surface area (Å²) in [4.78, 5) is 0. The number of rotatable bonds is 3. The van der Waals surface area contributed by atoms with Gasteiger partial charge in [0.05, 0.1) is 8.95 Å². The number of phenolic OH excluding ortho intramolecular Hbond substituents is 1. The lowest BCUT2D eigenvalue weighted by atomic mass is 10.0. The van der Waals surface area contributed by atoms with Crippen molar-refractivity contribution in [3.63, 3.8) is 0 Å². The molecule has 19 heavy (non-hydrogen) atoms. The number of hydrogen-bond donors (Lipinski definition) is 1. The van der Waals surface area contributed by atoms with Gasteiger partial charge in [-0.2, -0.15) is 0 Å². The number of hydrogen-bond acceptors (Lipinski definition) is 1. The molecular weight excluding hydrogens is 368 g/mol. The van der Waals surface area contributed by atoms with Crippen LogP contribution in [0.15, 0.2) is 39.3 Å². The third kappa shape index (κ3) is 3.83. The minimum Gasteiger partial charge on any atom is -0.506 e. The summed E-state index contributed by atoms with van der Waals surface area (Å²) in [5.41, 5.74) is 5.18. The zero-order valence-corrected chi connectivity index (χ0v) is 14.2. The molecule has 0 bridgehead atoms. The first-order valence-electron chi connectivity index (χ1n) is 6.20.